The first-order chi connectivity index (χ1) is 9.98. The van der Waals surface area contributed by atoms with Crippen LogP contribution in [0.5, 0.6) is 0 Å². The molecule has 0 radical (unpaired) electrons. The molecule has 0 aromatic rings. The summed E-state index contributed by atoms with van der Waals surface area (Å²) in [6, 6.07) is -1.51. The molecule has 1 amide bonds. The van der Waals surface area contributed by atoms with Crippen molar-refractivity contribution in [1.29, 1.82) is 0 Å². The average molecular weight is 316 g/mol. The van der Waals surface area contributed by atoms with E-state index in [0.29, 0.717) is 6.42 Å². The van der Waals surface area contributed by atoms with Crippen LogP contribution in [-0.4, -0.2) is 37.0 Å². The molecule has 0 saturated heterocycles. The molecular formula is C15H28N2O5. The summed E-state index contributed by atoms with van der Waals surface area (Å²) in [7, 11) is 1.25. The first-order valence-electron chi connectivity index (χ1n) is 7.34. The number of ether oxygens (including phenoxy) is 1. The van der Waals surface area contributed by atoms with Gasteiger partial charge in [-0.15, -0.1) is 5.48 Å². The standard InChI is InChI=1S/C15H28N2O5/c1-9(2)8-11(17-22-14(20)15(4,5)6)12(18)16-10(3)13(19)21-7/h9-11,17H,8H2,1-7H3,(H,16,18). The average Bonchev–Trinajstić information content (AvgIpc) is 2.40. The number of carbonyl (C=O) groups is 3. The molecule has 0 aliphatic rings. The van der Waals surface area contributed by atoms with Crippen LogP contribution >= 0.6 is 0 Å². The van der Waals surface area contributed by atoms with Crippen molar-refractivity contribution in [2.24, 2.45) is 11.3 Å². The number of carbonyl (C=O) groups excluding carboxylic acids is 3. The number of amides is 1. The first-order valence-corrected chi connectivity index (χ1v) is 7.34. The third kappa shape index (κ3) is 7.40. The van der Waals surface area contributed by atoms with Crippen molar-refractivity contribution in [2.45, 2.75) is 60.0 Å². The van der Waals surface area contributed by atoms with Gasteiger partial charge in [0, 0.05) is 0 Å². The molecule has 7 heteroatoms. The van der Waals surface area contributed by atoms with Crippen LogP contribution in [0, 0.1) is 11.3 Å². The zero-order valence-corrected chi connectivity index (χ0v) is 14.5. The molecule has 0 rings (SSSR count). The van der Waals surface area contributed by atoms with Crippen molar-refractivity contribution in [3.05, 3.63) is 0 Å². The van der Waals surface area contributed by atoms with Gasteiger partial charge in [0.05, 0.1) is 12.5 Å². The molecule has 2 atom stereocenters. The maximum absolute atomic E-state index is 12.2. The van der Waals surface area contributed by atoms with Gasteiger partial charge in [0.15, 0.2) is 0 Å². The molecule has 128 valence electrons. The lowest BCUT2D eigenvalue weighted by molar-refractivity contribution is -0.164. The molecule has 7 nitrogen and oxygen atoms in total. The largest absolute Gasteiger partial charge is 0.467 e. The molecule has 0 bridgehead atoms. The van der Waals surface area contributed by atoms with Crippen LogP contribution in [0.25, 0.3) is 0 Å². The van der Waals surface area contributed by atoms with Crippen LogP contribution in [0.2, 0.25) is 0 Å². The third-order valence-electron chi connectivity index (χ3n) is 2.84. The Hall–Kier alpha value is -1.63. The number of rotatable bonds is 7. The van der Waals surface area contributed by atoms with Gasteiger partial charge in [0.1, 0.15) is 12.1 Å². The van der Waals surface area contributed by atoms with Gasteiger partial charge in [0.2, 0.25) is 5.91 Å². The summed E-state index contributed by atoms with van der Waals surface area (Å²) in [6.45, 7) is 10.6. The summed E-state index contributed by atoms with van der Waals surface area (Å²) in [6.07, 6.45) is 0.456. The van der Waals surface area contributed by atoms with Gasteiger partial charge in [-0.1, -0.05) is 13.8 Å². The molecular weight excluding hydrogens is 288 g/mol. The fraction of sp³-hybridized carbons (Fsp3) is 0.800. The lowest BCUT2D eigenvalue weighted by Gasteiger charge is -2.23. The molecule has 0 aromatic heterocycles. The topological polar surface area (TPSA) is 93.7 Å². The minimum atomic E-state index is -0.771. The van der Waals surface area contributed by atoms with E-state index in [0.717, 1.165) is 0 Å². The summed E-state index contributed by atoms with van der Waals surface area (Å²) >= 11 is 0. The van der Waals surface area contributed by atoms with Gasteiger partial charge >= 0.3 is 11.9 Å². The number of methoxy groups -OCH3 is 1. The molecule has 0 fully saturated rings. The van der Waals surface area contributed by atoms with Crippen LogP contribution in [0.15, 0.2) is 0 Å². The number of nitrogens with one attached hydrogen (secondary N) is 2. The number of hydroxylamine groups is 1. The summed E-state index contributed by atoms with van der Waals surface area (Å²) in [5.74, 6) is -1.23. The van der Waals surface area contributed by atoms with E-state index in [1.54, 1.807) is 20.8 Å². The van der Waals surface area contributed by atoms with E-state index in [-0.39, 0.29) is 5.92 Å². The normalized spacial score (nSPS) is 14.2. The van der Waals surface area contributed by atoms with E-state index in [4.69, 9.17) is 4.84 Å². The van der Waals surface area contributed by atoms with E-state index in [1.807, 2.05) is 13.8 Å². The van der Waals surface area contributed by atoms with Crippen LogP contribution < -0.4 is 10.8 Å². The second-order valence-electron chi connectivity index (χ2n) is 6.69. The predicted molar refractivity (Wildman–Crippen MR) is 81.5 cm³/mol. The number of hydrogen-bond acceptors (Lipinski definition) is 6. The van der Waals surface area contributed by atoms with Crippen molar-refractivity contribution in [2.75, 3.05) is 7.11 Å². The Morgan fingerprint density at radius 3 is 2.05 bits per heavy atom. The van der Waals surface area contributed by atoms with Gasteiger partial charge in [-0.25, -0.2) is 9.59 Å². The molecule has 0 aliphatic carbocycles. The Bertz CT molecular complexity index is 401. The highest BCUT2D eigenvalue weighted by Crippen LogP contribution is 2.15. The first kappa shape index (κ1) is 20.4. The van der Waals surface area contributed by atoms with E-state index >= 15 is 0 Å². The van der Waals surface area contributed by atoms with Gasteiger partial charge in [-0.3, -0.25) is 4.79 Å². The highest BCUT2D eigenvalue weighted by molar-refractivity contribution is 5.87. The van der Waals surface area contributed by atoms with Crippen molar-refractivity contribution in [1.82, 2.24) is 10.8 Å². The van der Waals surface area contributed by atoms with Crippen molar-refractivity contribution in [3.8, 4) is 0 Å². The fourth-order valence-electron chi connectivity index (χ4n) is 1.51. The Morgan fingerprint density at radius 2 is 1.64 bits per heavy atom. The van der Waals surface area contributed by atoms with E-state index in [9.17, 15) is 14.4 Å². The van der Waals surface area contributed by atoms with Crippen molar-refractivity contribution in [3.63, 3.8) is 0 Å². The van der Waals surface area contributed by atoms with Crippen LogP contribution in [-0.2, 0) is 24.0 Å². The van der Waals surface area contributed by atoms with Crippen LogP contribution in [0.3, 0.4) is 0 Å². The van der Waals surface area contributed by atoms with Crippen LogP contribution in [0.4, 0.5) is 0 Å². The van der Waals surface area contributed by atoms with Gasteiger partial charge in [-0.05, 0) is 40.0 Å². The highest BCUT2D eigenvalue weighted by atomic mass is 16.7. The molecule has 22 heavy (non-hydrogen) atoms. The Balaban J connectivity index is 4.73. The van der Waals surface area contributed by atoms with Crippen molar-refractivity contribution < 1.29 is 24.0 Å². The predicted octanol–water partition coefficient (Wildman–Crippen LogP) is 1.17. The Labute approximate surface area is 132 Å². The maximum Gasteiger partial charge on any atom is 0.330 e. The Morgan fingerprint density at radius 1 is 1.09 bits per heavy atom. The highest BCUT2D eigenvalue weighted by Gasteiger charge is 2.28. The van der Waals surface area contributed by atoms with Gasteiger partial charge < -0.3 is 14.9 Å². The molecule has 0 saturated carbocycles. The molecule has 0 aromatic carbocycles. The quantitative estimate of drug-likeness (QED) is 0.541. The summed E-state index contributed by atoms with van der Waals surface area (Å²) in [5, 5.41) is 2.53. The number of esters is 1. The SMILES string of the molecule is COC(=O)C(C)NC(=O)C(CC(C)C)NOC(=O)C(C)(C)C. The monoisotopic (exact) mass is 316 g/mol. The van der Waals surface area contributed by atoms with Gasteiger partial charge in [-0.2, -0.15) is 0 Å². The van der Waals surface area contributed by atoms with E-state index in [2.05, 4.69) is 15.5 Å². The minimum Gasteiger partial charge on any atom is -0.467 e. The summed E-state index contributed by atoms with van der Waals surface area (Å²) in [4.78, 5) is 40.3. The molecule has 0 heterocycles. The molecule has 2 unspecified atom stereocenters. The lowest BCUT2D eigenvalue weighted by Crippen LogP contribution is -2.50. The lowest BCUT2D eigenvalue weighted by atomic mass is 9.98. The maximum atomic E-state index is 12.2. The summed E-state index contributed by atoms with van der Waals surface area (Å²) < 4.78 is 4.56. The minimum absolute atomic E-state index is 0.199. The van der Waals surface area contributed by atoms with E-state index < -0.39 is 35.3 Å². The van der Waals surface area contributed by atoms with Crippen molar-refractivity contribution >= 4 is 17.8 Å². The molecule has 0 spiro atoms. The zero-order valence-electron chi connectivity index (χ0n) is 14.5. The Kier molecular flexibility index (Phi) is 8.08. The zero-order chi connectivity index (χ0) is 17.5. The molecule has 0 aliphatic heterocycles. The van der Waals surface area contributed by atoms with Crippen LogP contribution in [0.1, 0.15) is 48.0 Å². The number of hydrogen-bond donors (Lipinski definition) is 2. The second-order valence-corrected chi connectivity index (χ2v) is 6.69. The van der Waals surface area contributed by atoms with Gasteiger partial charge in [0.25, 0.3) is 0 Å². The fourth-order valence-corrected chi connectivity index (χ4v) is 1.51. The third-order valence-corrected chi connectivity index (χ3v) is 2.84. The second kappa shape index (κ2) is 8.73. The smallest absolute Gasteiger partial charge is 0.330 e. The molecule has 2 N–H and O–H groups in total. The summed E-state index contributed by atoms with van der Waals surface area (Å²) in [5.41, 5.74) is 1.83. The van der Waals surface area contributed by atoms with E-state index in [1.165, 1.54) is 14.0 Å².